The van der Waals surface area contributed by atoms with E-state index in [1.807, 2.05) is 0 Å². The van der Waals surface area contributed by atoms with Crippen LogP contribution in [0.4, 0.5) is 14.5 Å². The van der Waals surface area contributed by atoms with Crippen LogP contribution < -0.4 is 10.5 Å². The molecule has 0 aliphatic rings. The van der Waals surface area contributed by atoms with Gasteiger partial charge in [0.1, 0.15) is 11.6 Å². The second kappa shape index (κ2) is 5.56. The summed E-state index contributed by atoms with van der Waals surface area (Å²) in [6, 6.07) is 9.28. The summed E-state index contributed by atoms with van der Waals surface area (Å²) < 4.78 is 49.2. The monoisotopic (exact) mass is 298 g/mol. The molecule has 3 N–H and O–H groups in total. The van der Waals surface area contributed by atoms with Gasteiger partial charge >= 0.3 is 0 Å². The summed E-state index contributed by atoms with van der Waals surface area (Å²) in [5.41, 5.74) is 0.285. The molecule has 0 unspecified atom stereocenters. The van der Waals surface area contributed by atoms with Crippen LogP contribution in [-0.4, -0.2) is 8.42 Å². The Labute approximate surface area is 115 Å². The van der Waals surface area contributed by atoms with Gasteiger partial charge in [0.15, 0.2) is 0 Å². The van der Waals surface area contributed by atoms with Crippen LogP contribution in [0.1, 0.15) is 5.56 Å². The van der Waals surface area contributed by atoms with Crippen LogP contribution in [0.15, 0.2) is 47.4 Å². The van der Waals surface area contributed by atoms with E-state index in [9.17, 15) is 17.2 Å². The predicted molar refractivity (Wildman–Crippen MR) is 71.5 cm³/mol. The fourth-order valence-electron chi connectivity index (χ4n) is 1.67. The van der Waals surface area contributed by atoms with Gasteiger partial charge in [-0.1, -0.05) is 12.1 Å². The van der Waals surface area contributed by atoms with Gasteiger partial charge < -0.3 is 5.32 Å². The van der Waals surface area contributed by atoms with Gasteiger partial charge in [-0.3, -0.25) is 0 Å². The highest BCUT2D eigenvalue weighted by molar-refractivity contribution is 7.89. The van der Waals surface area contributed by atoms with Gasteiger partial charge in [0, 0.05) is 17.8 Å². The number of halogens is 2. The van der Waals surface area contributed by atoms with E-state index in [4.69, 9.17) is 5.14 Å². The number of anilines is 1. The van der Waals surface area contributed by atoms with Gasteiger partial charge in [0.05, 0.1) is 4.90 Å². The molecule has 7 heteroatoms. The SMILES string of the molecule is NS(=O)(=O)c1cccc(NCc2c(F)cccc2F)c1. The molecule has 0 amide bonds. The quantitative estimate of drug-likeness (QED) is 0.909. The van der Waals surface area contributed by atoms with Crippen molar-refractivity contribution in [1.29, 1.82) is 0 Å². The molecule has 0 spiro atoms. The Bertz CT molecular complexity index is 713. The number of primary sulfonamides is 1. The highest BCUT2D eigenvalue weighted by atomic mass is 32.2. The number of nitrogens with one attached hydrogen (secondary N) is 1. The summed E-state index contributed by atoms with van der Waals surface area (Å²) in [6.07, 6.45) is 0. The van der Waals surface area contributed by atoms with Crippen molar-refractivity contribution in [3.8, 4) is 0 Å². The molecule has 0 fully saturated rings. The molecular formula is C13H12F2N2O2S. The third kappa shape index (κ3) is 3.31. The lowest BCUT2D eigenvalue weighted by atomic mass is 10.2. The molecule has 0 saturated carbocycles. The smallest absolute Gasteiger partial charge is 0.238 e. The first-order valence-corrected chi connectivity index (χ1v) is 7.22. The molecule has 0 saturated heterocycles. The van der Waals surface area contributed by atoms with Crippen LogP contribution in [0, 0.1) is 11.6 Å². The van der Waals surface area contributed by atoms with Crippen LogP contribution in [0.2, 0.25) is 0 Å². The second-order valence-electron chi connectivity index (χ2n) is 4.13. The third-order valence-corrected chi connectivity index (χ3v) is 3.60. The molecule has 0 radical (unpaired) electrons. The van der Waals surface area contributed by atoms with Crippen molar-refractivity contribution in [1.82, 2.24) is 0 Å². The van der Waals surface area contributed by atoms with E-state index in [-0.39, 0.29) is 17.0 Å². The first kappa shape index (κ1) is 14.4. The Morgan fingerprint density at radius 2 is 1.65 bits per heavy atom. The van der Waals surface area contributed by atoms with Crippen molar-refractivity contribution in [3.63, 3.8) is 0 Å². The summed E-state index contributed by atoms with van der Waals surface area (Å²) in [4.78, 5) is -0.0727. The molecule has 0 aromatic heterocycles. The molecule has 0 atom stereocenters. The van der Waals surface area contributed by atoms with Crippen LogP contribution >= 0.6 is 0 Å². The molecule has 4 nitrogen and oxygen atoms in total. The summed E-state index contributed by atoms with van der Waals surface area (Å²) in [5.74, 6) is -1.33. The van der Waals surface area contributed by atoms with Crippen LogP contribution in [-0.2, 0) is 16.6 Å². The standard InChI is InChI=1S/C13H12F2N2O2S/c14-12-5-2-6-13(15)11(12)8-17-9-3-1-4-10(7-9)20(16,18)19/h1-7,17H,8H2,(H2,16,18,19). The van der Waals surface area contributed by atoms with Gasteiger partial charge in [-0.25, -0.2) is 22.3 Å². The Balaban J connectivity index is 2.20. The van der Waals surface area contributed by atoms with Gasteiger partial charge in [0.25, 0.3) is 0 Å². The topological polar surface area (TPSA) is 72.2 Å². The molecule has 2 rings (SSSR count). The number of sulfonamides is 1. The zero-order chi connectivity index (χ0) is 14.8. The lowest BCUT2D eigenvalue weighted by Gasteiger charge is -2.09. The van der Waals surface area contributed by atoms with Crippen LogP contribution in [0.3, 0.4) is 0 Å². The lowest BCUT2D eigenvalue weighted by molar-refractivity contribution is 0.560. The average molecular weight is 298 g/mol. The molecule has 0 aliphatic heterocycles. The zero-order valence-electron chi connectivity index (χ0n) is 10.3. The van der Waals surface area contributed by atoms with Gasteiger partial charge in [-0.15, -0.1) is 0 Å². The number of hydrogen-bond donors (Lipinski definition) is 2. The number of nitrogens with two attached hydrogens (primary N) is 1. The maximum Gasteiger partial charge on any atom is 0.238 e. The summed E-state index contributed by atoms with van der Waals surface area (Å²) in [7, 11) is -3.81. The van der Waals surface area contributed by atoms with Crippen molar-refractivity contribution in [3.05, 3.63) is 59.7 Å². The zero-order valence-corrected chi connectivity index (χ0v) is 11.1. The molecule has 0 aliphatic carbocycles. The number of benzene rings is 2. The Hall–Kier alpha value is -1.99. The van der Waals surface area contributed by atoms with E-state index in [1.165, 1.54) is 24.3 Å². The highest BCUT2D eigenvalue weighted by Crippen LogP contribution is 2.17. The van der Waals surface area contributed by atoms with Crippen LogP contribution in [0.25, 0.3) is 0 Å². The highest BCUT2D eigenvalue weighted by Gasteiger charge is 2.10. The van der Waals surface area contributed by atoms with E-state index in [0.717, 1.165) is 12.1 Å². The second-order valence-corrected chi connectivity index (χ2v) is 5.69. The molecule has 2 aromatic rings. The first-order chi connectivity index (χ1) is 9.38. The minimum Gasteiger partial charge on any atom is -0.381 e. The predicted octanol–water partition coefficient (Wildman–Crippen LogP) is 2.22. The minimum atomic E-state index is -3.81. The van der Waals surface area contributed by atoms with E-state index in [2.05, 4.69) is 5.32 Å². The van der Waals surface area contributed by atoms with Crippen molar-refractivity contribution in [2.75, 3.05) is 5.32 Å². The molecule has 106 valence electrons. The minimum absolute atomic E-state index is 0.0727. The average Bonchev–Trinajstić information content (AvgIpc) is 2.37. The fraction of sp³-hybridized carbons (Fsp3) is 0.0769. The summed E-state index contributed by atoms with van der Waals surface area (Å²) in [5, 5.41) is 7.76. The van der Waals surface area contributed by atoms with Crippen LogP contribution in [0.5, 0.6) is 0 Å². The van der Waals surface area contributed by atoms with Gasteiger partial charge in [0.2, 0.25) is 10.0 Å². The van der Waals surface area contributed by atoms with E-state index in [1.54, 1.807) is 6.07 Å². The van der Waals surface area contributed by atoms with Crippen molar-refractivity contribution < 1.29 is 17.2 Å². The molecule has 0 heterocycles. The maximum atomic E-state index is 13.4. The number of rotatable bonds is 4. The first-order valence-electron chi connectivity index (χ1n) is 5.67. The Kier molecular flexibility index (Phi) is 4.01. The van der Waals surface area contributed by atoms with Gasteiger partial charge in [-0.2, -0.15) is 0 Å². The van der Waals surface area contributed by atoms with Crippen molar-refractivity contribution in [2.45, 2.75) is 11.4 Å². The Morgan fingerprint density at radius 1 is 1.05 bits per heavy atom. The number of hydrogen-bond acceptors (Lipinski definition) is 3. The van der Waals surface area contributed by atoms with Gasteiger partial charge in [-0.05, 0) is 30.3 Å². The molecule has 0 bridgehead atoms. The van der Waals surface area contributed by atoms with Crippen molar-refractivity contribution >= 4 is 15.7 Å². The molecular weight excluding hydrogens is 286 g/mol. The van der Waals surface area contributed by atoms with E-state index < -0.39 is 21.7 Å². The molecule has 2 aromatic carbocycles. The normalized spacial score (nSPS) is 11.3. The molecule has 20 heavy (non-hydrogen) atoms. The maximum absolute atomic E-state index is 13.4. The summed E-state index contributed by atoms with van der Waals surface area (Å²) >= 11 is 0. The largest absolute Gasteiger partial charge is 0.381 e. The third-order valence-electron chi connectivity index (χ3n) is 2.69. The fourth-order valence-corrected chi connectivity index (χ4v) is 2.23. The summed E-state index contributed by atoms with van der Waals surface area (Å²) in [6.45, 7) is -0.105. The lowest BCUT2D eigenvalue weighted by Crippen LogP contribution is -2.12. The van der Waals surface area contributed by atoms with E-state index >= 15 is 0 Å². The van der Waals surface area contributed by atoms with Crippen molar-refractivity contribution in [2.24, 2.45) is 5.14 Å². The Morgan fingerprint density at radius 3 is 2.25 bits per heavy atom. The van der Waals surface area contributed by atoms with E-state index in [0.29, 0.717) is 5.69 Å².